The molecule has 1 atom stereocenters. The highest BCUT2D eigenvalue weighted by Crippen LogP contribution is 2.06. The van der Waals surface area contributed by atoms with Gasteiger partial charge in [0.15, 0.2) is 0 Å². The van der Waals surface area contributed by atoms with Gasteiger partial charge in [-0.05, 0) is 33.0 Å². The molecule has 1 fully saturated rings. The summed E-state index contributed by atoms with van der Waals surface area (Å²) in [6.45, 7) is 6.20. The quantitative estimate of drug-likeness (QED) is 0.655. The highest BCUT2D eigenvalue weighted by Gasteiger charge is 2.18. The van der Waals surface area contributed by atoms with Gasteiger partial charge >= 0.3 is 0 Å². The van der Waals surface area contributed by atoms with E-state index in [-0.39, 0.29) is 0 Å². The Morgan fingerprint density at radius 3 is 2.65 bits per heavy atom. The van der Waals surface area contributed by atoms with Gasteiger partial charge in [0.25, 0.3) is 0 Å². The van der Waals surface area contributed by atoms with Crippen molar-refractivity contribution < 1.29 is 8.42 Å². The average Bonchev–Trinajstić information content (AvgIpc) is 2.62. The molecule has 6 heteroatoms. The molecule has 1 saturated heterocycles. The summed E-state index contributed by atoms with van der Waals surface area (Å²) in [7, 11) is -0.897. The molecule has 1 aliphatic rings. The Balaban J connectivity index is 2.15. The lowest BCUT2D eigenvalue weighted by molar-refractivity contribution is 0.388. The van der Waals surface area contributed by atoms with Gasteiger partial charge in [-0.25, -0.2) is 12.7 Å². The van der Waals surface area contributed by atoms with E-state index in [9.17, 15) is 8.42 Å². The van der Waals surface area contributed by atoms with Crippen molar-refractivity contribution >= 4 is 10.0 Å². The van der Waals surface area contributed by atoms with Gasteiger partial charge in [0, 0.05) is 25.7 Å². The second kappa shape index (κ2) is 6.68. The van der Waals surface area contributed by atoms with Crippen molar-refractivity contribution in [1.29, 1.82) is 0 Å². The zero-order valence-corrected chi connectivity index (χ0v) is 12.0. The number of nitrogens with one attached hydrogen (secondary N) is 1. The summed E-state index contributed by atoms with van der Waals surface area (Å²) in [4.78, 5) is 2.31. The Hall–Kier alpha value is -0.170. The van der Waals surface area contributed by atoms with E-state index in [0.29, 0.717) is 19.1 Å². The number of nitrogens with zero attached hydrogens (tertiary/aromatic N) is 2. The second-order valence-electron chi connectivity index (χ2n) is 4.81. The highest BCUT2D eigenvalue weighted by molar-refractivity contribution is 7.88. The third-order valence-electron chi connectivity index (χ3n) is 3.23. The van der Waals surface area contributed by atoms with Crippen LogP contribution in [0, 0.1) is 0 Å². The van der Waals surface area contributed by atoms with E-state index >= 15 is 0 Å². The first-order valence-electron chi connectivity index (χ1n) is 6.30. The van der Waals surface area contributed by atoms with Crippen molar-refractivity contribution in [3.05, 3.63) is 0 Å². The van der Waals surface area contributed by atoms with E-state index < -0.39 is 10.0 Å². The minimum Gasteiger partial charge on any atom is -0.313 e. The Morgan fingerprint density at radius 1 is 1.47 bits per heavy atom. The molecule has 1 aliphatic heterocycles. The van der Waals surface area contributed by atoms with Crippen LogP contribution >= 0.6 is 0 Å². The summed E-state index contributed by atoms with van der Waals surface area (Å²) in [5, 5.41) is 3.48. The molecule has 17 heavy (non-hydrogen) atoms. The van der Waals surface area contributed by atoms with E-state index in [0.717, 1.165) is 26.1 Å². The van der Waals surface area contributed by atoms with Crippen LogP contribution in [0.5, 0.6) is 0 Å². The smallest absolute Gasteiger partial charge is 0.211 e. The van der Waals surface area contributed by atoms with E-state index in [1.165, 1.54) is 17.0 Å². The molecule has 0 aliphatic carbocycles. The maximum absolute atomic E-state index is 11.4. The minimum absolute atomic E-state index is 0.561. The van der Waals surface area contributed by atoms with Gasteiger partial charge in [-0.15, -0.1) is 0 Å². The maximum Gasteiger partial charge on any atom is 0.211 e. The molecule has 0 saturated carbocycles. The Morgan fingerprint density at radius 2 is 2.18 bits per heavy atom. The van der Waals surface area contributed by atoms with Crippen molar-refractivity contribution in [2.75, 3.05) is 46.0 Å². The van der Waals surface area contributed by atoms with Crippen molar-refractivity contribution in [2.45, 2.75) is 25.8 Å². The molecule has 0 aromatic heterocycles. The maximum atomic E-state index is 11.4. The van der Waals surface area contributed by atoms with E-state index in [1.54, 1.807) is 0 Å². The number of likely N-dealkylation sites (N-methyl/N-ethyl adjacent to an activating group) is 1. The third kappa shape index (κ3) is 5.33. The van der Waals surface area contributed by atoms with Gasteiger partial charge in [0.1, 0.15) is 0 Å². The molecule has 0 spiro atoms. The SMILES string of the molecule is CCN(CCCNC1CCN(C)C1)S(C)(=O)=O. The average molecular weight is 263 g/mol. The standard InChI is InChI=1S/C11H25N3O2S/c1-4-14(17(3,15)16)8-5-7-12-11-6-9-13(2)10-11/h11-12H,4-10H2,1-3H3. The summed E-state index contributed by atoms with van der Waals surface area (Å²) >= 11 is 0. The number of sulfonamides is 1. The van der Waals surface area contributed by atoms with Gasteiger partial charge in [-0.3, -0.25) is 0 Å². The predicted molar refractivity (Wildman–Crippen MR) is 70.6 cm³/mol. The lowest BCUT2D eigenvalue weighted by Gasteiger charge is -2.18. The second-order valence-corrected chi connectivity index (χ2v) is 6.79. The summed E-state index contributed by atoms with van der Waals surface area (Å²) in [5.74, 6) is 0. The molecule has 1 unspecified atom stereocenters. The molecular formula is C11H25N3O2S. The lowest BCUT2D eigenvalue weighted by Crippen LogP contribution is -2.35. The van der Waals surface area contributed by atoms with Gasteiger partial charge in [-0.1, -0.05) is 6.92 Å². The van der Waals surface area contributed by atoms with Crippen molar-refractivity contribution in [3.8, 4) is 0 Å². The van der Waals surface area contributed by atoms with Crippen LogP contribution in [0.15, 0.2) is 0 Å². The van der Waals surface area contributed by atoms with Crippen LogP contribution in [0.2, 0.25) is 0 Å². The number of hydrogen-bond donors (Lipinski definition) is 1. The molecule has 1 N–H and O–H groups in total. The van der Waals surface area contributed by atoms with E-state index in [2.05, 4.69) is 17.3 Å². The van der Waals surface area contributed by atoms with Crippen LogP contribution in [0.3, 0.4) is 0 Å². The van der Waals surface area contributed by atoms with Gasteiger partial charge in [-0.2, -0.15) is 0 Å². The molecule has 102 valence electrons. The Kier molecular flexibility index (Phi) is 5.85. The molecule has 0 bridgehead atoms. The predicted octanol–water partition coefficient (Wildman–Crippen LogP) is -0.0483. The fourth-order valence-electron chi connectivity index (χ4n) is 2.22. The minimum atomic E-state index is -3.03. The van der Waals surface area contributed by atoms with Crippen molar-refractivity contribution in [2.24, 2.45) is 0 Å². The zero-order valence-electron chi connectivity index (χ0n) is 11.1. The fraction of sp³-hybridized carbons (Fsp3) is 1.00. The molecule has 5 nitrogen and oxygen atoms in total. The molecule has 0 amide bonds. The zero-order chi connectivity index (χ0) is 12.9. The van der Waals surface area contributed by atoms with Gasteiger partial charge < -0.3 is 10.2 Å². The fourth-order valence-corrected chi connectivity index (χ4v) is 3.15. The first-order valence-corrected chi connectivity index (χ1v) is 8.15. The highest BCUT2D eigenvalue weighted by atomic mass is 32.2. The van der Waals surface area contributed by atoms with Crippen LogP contribution < -0.4 is 5.32 Å². The first-order chi connectivity index (χ1) is 7.93. The van der Waals surface area contributed by atoms with Crippen LogP contribution in [0.1, 0.15) is 19.8 Å². The Labute approximate surface area is 105 Å². The summed E-state index contributed by atoms with van der Waals surface area (Å²) in [6, 6.07) is 0.577. The van der Waals surface area contributed by atoms with Crippen LogP contribution in [-0.4, -0.2) is 69.7 Å². The Bertz CT molecular complexity index is 319. The van der Waals surface area contributed by atoms with Crippen LogP contribution in [-0.2, 0) is 10.0 Å². The number of likely N-dealkylation sites (tertiary alicyclic amines) is 1. The monoisotopic (exact) mass is 263 g/mol. The first kappa shape index (κ1) is 14.9. The molecule has 1 rings (SSSR count). The summed E-state index contributed by atoms with van der Waals surface area (Å²) in [6.07, 6.45) is 3.34. The number of hydrogen-bond acceptors (Lipinski definition) is 4. The summed E-state index contributed by atoms with van der Waals surface area (Å²) in [5.41, 5.74) is 0. The lowest BCUT2D eigenvalue weighted by atomic mass is 10.2. The number of rotatable bonds is 7. The third-order valence-corrected chi connectivity index (χ3v) is 4.61. The normalized spacial score (nSPS) is 22.5. The van der Waals surface area contributed by atoms with Crippen molar-refractivity contribution in [1.82, 2.24) is 14.5 Å². The molecule has 1 heterocycles. The topological polar surface area (TPSA) is 52.6 Å². The van der Waals surface area contributed by atoms with E-state index in [1.807, 2.05) is 6.92 Å². The van der Waals surface area contributed by atoms with Crippen LogP contribution in [0.4, 0.5) is 0 Å². The molecular weight excluding hydrogens is 238 g/mol. The van der Waals surface area contributed by atoms with Gasteiger partial charge in [0.05, 0.1) is 6.26 Å². The molecule has 0 radical (unpaired) electrons. The molecule has 0 aromatic rings. The van der Waals surface area contributed by atoms with Crippen molar-refractivity contribution in [3.63, 3.8) is 0 Å². The van der Waals surface area contributed by atoms with Crippen LogP contribution in [0.25, 0.3) is 0 Å². The summed E-state index contributed by atoms with van der Waals surface area (Å²) < 4.78 is 24.2. The largest absolute Gasteiger partial charge is 0.313 e. The van der Waals surface area contributed by atoms with Gasteiger partial charge in [0.2, 0.25) is 10.0 Å². The van der Waals surface area contributed by atoms with E-state index in [4.69, 9.17) is 0 Å². The molecule has 0 aromatic carbocycles.